The molecule has 0 fully saturated rings. The van der Waals surface area contributed by atoms with Crippen molar-refractivity contribution in [2.45, 2.75) is 26.0 Å². The van der Waals surface area contributed by atoms with Gasteiger partial charge in [-0.05, 0) is 37.0 Å². The molecule has 0 amide bonds. The van der Waals surface area contributed by atoms with Gasteiger partial charge < -0.3 is 10.0 Å². The van der Waals surface area contributed by atoms with Crippen molar-refractivity contribution in [2.75, 3.05) is 24.0 Å². The molecule has 0 aliphatic rings. The van der Waals surface area contributed by atoms with Crippen LogP contribution < -0.4 is 4.90 Å². The fourth-order valence-electron chi connectivity index (χ4n) is 1.51. The molecule has 5 heteroatoms. The fraction of sp³-hybridized carbons (Fsp3) is 0.583. The Balaban J connectivity index is 2.77. The van der Waals surface area contributed by atoms with Gasteiger partial charge in [-0.2, -0.15) is 11.8 Å². The van der Waals surface area contributed by atoms with Crippen LogP contribution in [0.2, 0.25) is 5.02 Å². The van der Waals surface area contributed by atoms with Crippen LogP contribution in [0.1, 0.15) is 18.9 Å². The molecule has 1 aromatic rings. The number of hydrogen-bond acceptors (Lipinski definition) is 4. The highest BCUT2D eigenvalue weighted by atomic mass is 35.5. The van der Waals surface area contributed by atoms with Crippen molar-refractivity contribution < 1.29 is 5.11 Å². The van der Waals surface area contributed by atoms with Gasteiger partial charge in [-0.25, -0.2) is 4.98 Å². The van der Waals surface area contributed by atoms with Crippen molar-refractivity contribution in [1.29, 1.82) is 0 Å². The summed E-state index contributed by atoms with van der Waals surface area (Å²) in [6, 6.07) is 2.16. The molecule has 0 saturated carbocycles. The number of aliphatic hydroxyl groups excluding tert-OH is 1. The highest BCUT2D eigenvalue weighted by Gasteiger charge is 2.14. The van der Waals surface area contributed by atoms with E-state index in [1.165, 1.54) is 0 Å². The maximum atomic E-state index is 9.00. The van der Waals surface area contributed by atoms with E-state index in [0.717, 1.165) is 23.6 Å². The first-order chi connectivity index (χ1) is 8.10. The molecule has 3 nitrogen and oxygen atoms in total. The Kier molecular flexibility index (Phi) is 6.09. The summed E-state index contributed by atoms with van der Waals surface area (Å²) in [5, 5.41) is 9.59. The molecular formula is C12H19ClN2OS. The quantitative estimate of drug-likeness (QED) is 0.865. The summed E-state index contributed by atoms with van der Waals surface area (Å²) in [6.07, 6.45) is 4.87. The molecule has 1 unspecified atom stereocenters. The van der Waals surface area contributed by atoms with E-state index in [4.69, 9.17) is 16.7 Å². The van der Waals surface area contributed by atoms with Crippen LogP contribution in [0.3, 0.4) is 0 Å². The lowest BCUT2D eigenvalue weighted by Crippen LogP contribution is -2.30. The van der Waals surface area contributed by atoms with E-state index in [-0.39, 0.29) is 6.61 Å². The molecule has 1 atom stereocenters. The van der Waals surface area contributed by atoms with Gasteiger partial charge in [0.2, 0.25) is 0 Å². The summed E-state index contributed by atoms with van der Waals surface area (Å²) >= 11 is 8.00. The van der Waals surface area contributed by atoms with Gasteiger partial charge in [0.15, 0.2) is 0 Å². The molecule has 0 saturated heterocycles. The van der Waals surface area contributed by atoms with Crippen molar-refractivity contribution in [3.8, 4) is 0 Å². The average Bonchev–Trinajstić information content (AvgIpc) is 2.34. The zero-order valence-electron chi connectivity index (χ0n) is 10.5. The van der Waals surface area contributed by atoms with Gasteiger partial charge >= 0.3 is 0 Å². The van der Waals surface area contributed by atoms with Crippen molar-refractivity contribution in [1.82, 2.24) is 4.98 Å². The lowest BCUT2D eigenvalue weighted by molar-refractivity contribution is 0.281. The Morgan fingerprint density at radius 1 is 1.59 bits per heavy atom. The molecule has 0 bridgehead atoms. The fourth-order valence-corrected chi connectivity index (χ4v) is 2.41. The third kappa shape index (κ3) is 4.05. The van der Waals surface area contributed by atoms with Gasteiger partial charge in [0.1, 0.15) is 5.82 Å². The number of halogens is 1. The topological polar surface area (TPSA) is 36.4 Å². The number of pyridine rings is 1. The Hall–Kier alpha value is -0.450. The predicted molar refractivity (Wildman–Crippen MR) is 76.0 cm³/mol. The second-order valence-corrected chi connectivity index (χ2v) is 5.44. The monoisotopic (exact) mass is 274 g/mol. The van der Waals surface area contributed by atoms with E-state index in [1.54, 1.807) is 12.3 Å². The van der Waals surface area contributed by atoms with Crippen molar-refractivity contribution >= 4 is 29.2 Å². The summed E-state index contributed by atoms with van der Waals surface area (Å²) in [5.74, 6) is 1.90. The van der Waals surface area contributed by atoms with Gasteiger partial charge in [0, 0.05) is 19.3 Å². The number of aromatic nitrogens is 1. The van der Waals surface area contributed by atoms with Gasteiger partial charge in [-0.1, -0.05) is 11.6 Å². The largest absolute Gasteiger partial charge is 0.392 e. The van der Waals surface area contributed by atoms with Gasteiger partial charge in [0.25, 0.3) is 0 Å². The molecule has 17 heavy (non-hydrogen) atoms. The summed E-state index contributed by atoms with van der Waals surface area (Å²) in [5.41, 5.74) is 0.740. The minimum absolute atomic E-state index is 0.0290. The Bertz CT molecular complexity index is 362. The molecule has 1 aromatic heterocycles. The highest BCUT2D eigenvalue weighted by Crippen LogP contribution is 2.25. The molecule has 0 aliphatic carbocycles. The third-order valence-corrected chi connectivity index (χ3v) is 3.72. The second-order valence-electron chi connectivity index (χ2n) is 4.05. The van der Waals surface area contributed by atoms with Crippen LogP contribution in [-0.2, 0) is 6.61 Å². The molecule has 1 rings (SSSR count). The maximum absolute atomic E-state index is 9.00. The smallest absolute Gasteiger partial charge is 0.147 e. The number of hydrogen-bond donors (Lipinski definition) is 1. The maximum Gasteiger partial charge on any atom is 0.147 e. The normalized spacial score (nSPS) is 12.5. The first-order valence-corrected chi connectivity index (χ1v) is 7.34. The number of anilines is 1. The first-order valence-electron chi connectivity index (χ1n) is 5.57. The van der Waals surface area contributed by atoms with Crippen molar-refractivity contribution in [3.63, 3.8) is 0 Å². The minimum Gasteiger partial charge on any atom is -0.392 e. The van der Waals surface area contributed by atoms with Crippen LogP contribution in [-0.4, -0.2) is 35.2 Å². The Morgan fingerprint density at radius 2 is 2.29 bits per heavy atom. The zero-order valence-corrected chi connectivity index (χ0v) is 12.1. The second kappa shape index (κ2) is 7.09. The van der Waals surface area contributed by atoms with Crippen LogP contribution in [0.5, 0.6) is 0 Å². The molecule has 0 spiro atoms. The molecular weight excluding hydrogens is 256 g/mol. The number of aliphatic hydroxyl groups is 1. The summed E-state index contributed by atoms with van der Waals surface area (Å²) in [7, 11) is 2.00. The van der Waals surface area contributed by atoms with E-state index >= 15 is 0 Å². The van der Waals surface area contributed by atoms with E-state index in [2.05, 4.69) is 23.1 Å². The van der Waals surface area contributed by atoms with E-state index < -0.39 is 0 Å². The van der Waals surface area contributed by atoms with E-state index in [1.807, 2.05) is 18.8 Å². The van der Waals surface area contributed by atoms with Crippen LogP contribution >= 0.6 is 23.4 Å². The zero-order chi connectivity index (χ0) is 12.8. The highest BCUT2D eigenvalue weighted by molar-refractivity contribution is 7.98. The average molecular weight is 275 g/mol. The minimum atomic E-state index is -0.0290. The van der Waals surface area contributed by atoms with E-state index in [0.29, 0.717) is 11.1 Å². The standard InChI is InChI=1S/C12H19ClN2OS/c1-9(4-5-17-3)15(2)12-11(13)6-10(8-16)7-14-12/h6-7,9,16H,4-5,8H2,1-3H3. The van der Waals surface area contributed by atoms with Crippen LogP contribution in [0.15, 0.2) is 12.3 Å². The van der Waals surface area contributed by atoms with Crippen molar-refractivity contribution in [3.05, 3.63) is 22.8 Å². The summed E-state index contributed by atoms with van der Waals surface area (Å²) in [4.78, 5) is 6.39. The molecule has 96 valence electrons. The summed E-state index contributed by atoms with van der Waals surface area (Å²) < 4.78 is 0. The predicted octanol–water partition coefficient (Wildman–Crippen LogP) is 2.81. The van der Waals surface area contributed by atoms with Crippen LogP contribution in [0.25, 0.3) is 0 Å². The molecule has 1 heterocycles. The third-order valence-electron chi connectivity index (χ3n) is 2.80. The molecule has 0 radical (unpaired) electrons. The summed E-state index contributed by atoms with van der Waals surface area (Å²) in [6.45, 7) is 2.13. The number of nitrogens with zero attached hydrogens (tertiary/aromatic N) is 2. The Labute approximate surface area is 112 Å². The molecule has 0 aliphatic heterocycles. The van der Waals surface area contributed by atoms with Gasteiger partial charge in [-0.3, -0.25) is 0 Å². The lowest BCUT2D eigenvalue weighted by Gasteiger charge is -2.26. The van der Waals surface area contributed by atoms with Crippen molar-refractivity contribution in [2.24, 2.45) is 0 Å². The van der Waals surface area contributed by atoms with Gasteiger partial charge in [-0.15, -0.1) is 0 Å². The SMILES string of the molecule is CSCCC(C)N(C)c1ncc(CO)cc1Cl. The number of thioether (sulfide) groups is 1. The number of rotatable bonds is 6. The van der Waals surface area contributed by atoms with Crippen LogP contribution in [0, 0.1) is 0 Å². The Morgan fingerprint density at radius 3 is 2.82 bits per heavy atom. The lowest BCUT2D eigenvalue weighted by atomic mass is 10.2. The first kappa shape index (κ1) is 14.6. The molecule has 0 aromatic carbocycles. The van der Waals surface area contributed by atoms with Crippen LogP contribution in [0.4, 0.5) is 5.82 Å². The molecule has 1 N–H and O–H groups in total. The van der Waals surface area contributed by atoms with E-state index in [9.17, 15) is 0 Å². The van der Waals surface area contributed by atoms with Gasteiger partial charge in [0.05, 0.1) is 11.6 Å².